The van der Waals surface area contributed by atoms with Gasteiger partial charge in [0.25, 0.3) is 5.22 Å². The molecule has 30 heavy (non-hydrogen) atoms. The molecule has 0 fully saturated rings. The molecule has 0 spiro atoms. The average Bonchev–Trinajstić information content (AvgIpc) is 3.16. The second kappa shape index (κ2) is 9.37. The minimum Gasteiger partial charge on any atom is -0.411 e. The van der Waals surface area contributed by atoms with Crippen LogP contribution in [0.2, 0.25) is 0 Å². The number of hydrogen-bond acceptors (Lipinski definition) is 8. The van der Waals surface area contributed by atoms with Crippen LogP contribution in [0.25, 0.3) is 11.5 Å². The van der Waals surface area contributed by atoms with E-state index >= 15 is 0 Å². The van der Waals surface area contributed by atoms with Crippen molar-refractivity contribution in [2.45, 2.75) is 42.2 Å². The fourth-order valence-electron chi connectivity index (χ4n) is 2.41. The van der Waals surface area contributed by atoms with Crippen molar-refractivity contribution in [3.8, 4) is 11.5 Å². The molecule has 1 amide bonds. The van der Waals surface area contributed by atoms with Gasteiger partial charge in [0, 0.05) is 29.7 Å². The van der Waals surface area contributed by atoms with E-state index in [9.17, 15) is 13.2 Å². The zero-order chi connectivity index (χ0) is 21.7. The standard InChI is InChI=1S/C19H21N5O4S2/c1-12(2)24-30(26,27)16-6-4-15(5-7-16)21-17(25)13(3)29-19-23-22-18(28-19)14-8-10-20-11-9-14/h4-13,24H,1-3H3,(H,21,25). The second-order valence-corrected chi connectivity index (χ2v) is 9.66. The maximum Gasteiger partial charge on any atom is 0.277 e. The number of nitrogens with one attached hydrogen (secondary N) is 2. The Morgan fingerprint density at radius 3 is 2.33 bits per heavy atom. The summed E-state index contributed by atoms with van der Waals surface area (Å²) in [6.45, 7) is 5.20. The smallest absolute Gasteiger partial charge is 0.277 e. The number of aromatic nitrogens is 3. The van der Waals surface area contributed by atoms with E-state index < -0.39 is 15.3 Å². The lowest BCUT2D eigenvalue weighted by molar-refractivity contribution is -0.115. The summed E-state index contributed by atoms with van der Waals surface area (Å²) in [7, 11) is -3.58. The normalized spacial score (nSPS) is 12.7. The fourth-order valence-corrected chi connectivity index (χ4v) is 4.35. The van der Waals surface area contributed by atoms with E-state index in [4.69, 9.17) is 4.42 Å². The van der Waals surface area contributed by atoms with E-state index in [1.54, 1.807) is 57.4 Å². The molecule has 1 aromatic carbocycles. The number of amides is 1. The van der Waals surface area contributed by atoms with Crippen LogP contribution < -0.4 is 10.0 Å². The van der Waals surface area contributed by atoms with Crippen molar-refractivity contribution >= 4 is 33.4 Å². The maximum absolute atomic E-state index is 12.5. The Morgan fingerprint density at radius 2 is 1.70 bits per heavy atom. The number of carbonyl (C=O) groups is 1. The number of thioether (sulfide) groups is 1. The van der Waals surface area contributed by atoms with Gasteiger partial charge in [0.2, 0.25) is 21.8 Å². The van der Waals surface area contributed by atoms with E-state index in [1.807, 2.05) is 0 Å². The first-order valence-corrected chi connectivity index (χ1v) is 11.4. The molecule has 11 heteroatoms. The van der Waals surface area contributed by atoms with Crippen LogP contribution in [0.15, 0.2) is 63.3 Å². The third-order valence-electron chi connectivity index (χ3n) is 3.80. The Hall–Kier alpha value is -2.76. The zero-order valence-electron chi connectivity index (χ0n) is 16.6. The van der Waals surface area contributed by atoms with Gasteiger partial charge in [-0.3, -0.25) is 9.78 Å². The van der Waals surface area contributed by atoms with Crippen molar-refractivity contribution in [3.63, 3.8) is 0 Å². The van der Waals surface area contributed by atoms with Gasteiger partial charge in [0.15, 0.2) is 0 Å². The summed E-state index contributed by atoms with van der Waals surface area (Å²) in [5.41, 5.74) is 1.22. The molecule has 0 saturated carbocycles. The predicted octanol–water partition coefficient (Wildman–Crippen LogP) is 2.94. The van der Waals surface area contributed by atoms with Gasteiger partial charge in [0.1, 0.15) is 0 Å². The molecule has 158 valence electrons. The topological polar surface area (TPSA) is 127 Å². The molecule has 0 saturated heterocycles. The van der Waals surface area contributed by atoms with Crippen LogP contribution in [-0.4, -0.2) is 40.8 Å². The van der Waals surface area contributed by atoms with Crippen LogP contribution >= 0.6 is 11.8 Å². The number of hydrogen-bond donors (Lipinski definition) is 2. The molecule has 0 bridgehead atoms. The van der Waals surface area contributed by atoms with Gasteiger partial charge in [-0.2, -0.15) is 0 Å². The summed E-state index contributed by atoms with van der Waals surface area (Å²) in [6, 6.07) is 9.25. The van der Waals surface area contributed by atoms with Gasteiger partial charge >= 0.3 is 0 Å². The van der Waals surface area contributed by atoms with E-state index in [1.165, 1.54) is 12.1 Å². The maximum atomic E-state index is 12.5. The second-order valence-electron chi connectivity index (χ2n) is 6.66. The fraction of sp³-hybridized carbons (Fsp3) is 0.263. The van der Waals surface area contributed by atoms with Gasteiger partial charge in [-0.15, -0.1) is 10.2 Å². The van der Waals surface area contributed by atoms with Gasteiger partial charge < -0.3 is 9.73 Å². The lowest BCUT2D eigenvalue weighted by atomic mass is 10.3. The number of nitrogens with zero attached hydrogens (tertiary/aromatic N) is 3. The highest BCUT2D eigenvalue weighted by atomic mass is 32.2. The van der Waals surface area contributed by atoms with E-state index in [2.05, 4.69) is 25.2 Å². The molecule has 3 aromatic rings. The average molecular weight is 448 g/mol. The minimum atomic E-state index is -3.58. The Bertz CT molecular complexity index is 1100. The molecule has 1 unspecified atom stereocenters. The monoisotopic (exact) mass is 447 g/mol. The number of pyridine rings is 1. The molecule has 2 aromatic heterocycles. The number of sulfonamides is 1. The highest BCUT2D eigenvalue weighted by Crippen LogP contribution is 2.26. The van der Waals surface area contributed by atoms with Crippen molar-refractivity contribution in [2.75, 3.05) is 5.32 Å². The number of carbonyl (C=O) groups excluding carboxylic acids is 1. The Morgan fingerprint density at radius 1 is 1.03 bits per heavy atom. The first kappa shape index (κ1) is 21.9. The number of anilines is 1. The quantitative estimate of drug-likeness (QED) is 0.505. The van der Waals surface area contributed by atoms with Crippen LogP contribution in [0, 0.1) is 0 Å². The Labute approximate surface area is 178 Å². The van der Waals surface area contributed by atoms with Gasteiger partial charge in [-0.25, -0.2) is 13.1 Å². The summed E-state index contributed by atoms with van der Waals surface area (Å²) >= 11 is 1.13. The molecule has 3 rings (SSSR count). The molecule has 0 radical (unpaired) electrons. The summed E-state index contributed by atoms with van der Waals surface area (Å²) < 4.78 is 32.4. The molecule has 1 atom stereocenters. The Balaban J connectivity index is 1.60. The van der Waals surface area contributed by atoms with Crippen LogP contribution in [0.5, 0.6) is 0 Å². The van der Waals surface area contributed by atoms with Crippen molar-refractivity contribution in [2.24, 2.45) is 0 Å². The van der Waals surface area contributed by atoms with E-state index in [0.29, 0.717) is 11.6 Å². The number of rotatable bonds is 8. The van der Waals surface area contributed by atoms with Crippen molar-refractivity contribution < 1.29 is 17.6 Å². The molecule has 0 aliphatic carbocycles. The van der Waals surface area contributed by atoms with Crippen LogP contribution in [0.1, 0.15) is 20.8 Å². The molecule has 2 heterocycles. The van der Waals surface area contributed by atoms with Gasteiger partial charge in [-0.1, -0.05) is 11.8 Å². The molecule has 2 N–H and O–H groups in total. The first-order valence-electron chi connectivity index (χ1n) is 9.08. The summed E-state index contributed by atoms with van der Waals surface area (Å²) in [5, 5.41) is 10.4. The summed E-state index contributed by atoms with van der Waals surface area (Å²) in [6.07, 6.45) is 3.25. The molecular weight excluding hydrogens is 426 g/mol. The van der Waals surface area contributed by atoms with Crippen molar-refractivity contribution in [1.82, 2.24) is 19.9 Å². The van der Waals surface area contributed by atoms with E-state index in [0.717, 1.165) is 17.3 Å². The lowest BCUT2D eigenvalue weighted by Gasteiger charge is -2.12. The van der Waals surface area contributed by atoms with Crippen molar-refractivity contribution in [3.05, 3.63) is 48.8 Å². The Kier molecular flexibility index (Phi) is 6.85. The summed E-state index contributed by atoms with van der Waals surface area (Å²) in [5.74, 6) is 0.0684. The van der Waals surface area contributed by atoms with Crippen LogP contribution in [0.3, 0.4) is 0 Å². The molecule has 0 aliphatic rings. The third-order valence-corrected chi connectivity index (χ3v) is 6.41. The number of benzene rings is 1. The highest BCUT2D eigenvalue weighted by Gasteiger charge is 2.20. The lowest BCUT2D eigenvalue weighted by Crippen LogP contribution is -2.30. The molecular formula is C19H21N5O4S2. The van der Waals surface area contributed by atoms with Gasteiger partial charge in [0.05, 0.1) is 10.1 Å². The third kappa shape index (κ3) is 5.65. The predicted molar refractivity (Wildman–Crippen MR) is 113 cm³/mol. The largest absolute Gasteiger partial charge is 0.411 e. The van der Waals surface area contributed by atoms with Gasteiger partial charge in [-0.05, 0) is 57.2 Å². The zero-order valence-corrected chi connectivity index (χ0v) is 18.2. The minimum absolute atomic E-state index is 0.131. The summed E-state index contributed by atoms with van der Waals surface area (Å²) in [4.78, 5) is 16.5. The van der Waals surface area contributed by atoms with Crippen LogP contribution in [0.4, 0.5) is 5.69 Å². The first-order chi connectivity index (χ1) is 14.2. The van der Waals surface area contributed by atoms with Crippen LogP contribution in [-0.2, 0) is 14.8 Å². The highest BCUT2D eigenvalue weighted by molar-refractivity contribution is 8.00. The van der Waals surface area contributed by atoms with Crippen molar-refractivity contribution in [1.29, 1.82) is 0 Å². The van der Waals surface area contributed by atoms with E-state index in [-0.39, 0.29) is 22.1 Å². The SMILES string of the molecule is CC(C)NS(=O)(=O)c1ccc(NC(=O)C(C)Sc2nnc(-c3ccncc3)o2)cc1. The molecule has 9 nitrogen and oxygen atoms in total. The molecule has 0 aliphatic heterocycles.